The number of unbranched alkanes of at least 4 members (excludes halogenated alkanes) is 3. The largest absolute Gasteiger partial charge is 0.454 e. The standard InChI is InChI=1S/C41H53FN2O2/c1-9-13-14-15-19-31(18-10-2)36-27-38(43-8)32(24-28(36)5)22-23-40(45)35(12-4)30(7)44-39-26-33(25-29(6)34(39)11-3)46-41-21-17-16-20-37(41)42/h12,16-17,20-27,31,43-44H,4,9-11,13-15,18-19H2,1-3,5-8H3/b23-22+,35-30-. The molecule has 0 heterocycles. The maximum Gasteiger partial charge on any atom is 0.187 e. The Balaban J connectivity index is 1.87. The van der Waals surface area contributed by atoms with Gasteiger partial charge in [-0.1, -0.05) is 77.7 Å². The first-order chi connectivity index (χ1) is 22.2. The number of benzene rings is 3. The normalized spacial score (nSPS) is 12.5. The van der Waals surface area contributed by atoms with E-state index in [0.29, 0.717) is 22.9 Å². The van der Waals surface area contributed by atoms with Gasteiger partial charge in [0.25, 0.3) is 0 Å². The molecule has 5 heteroatoms. The molecule has 3 aromatic carbocycles. The third kappa shape index (κ3) is 9.69. The van der Waals surface area contributed by atoms with Gasteiger partial charge in [0, 0.05) is 35.8 Å². The van der Waals surface area contributed by atoms with Crippen molar-refractivity contribution in [1.29, 1.82) is 0 Å². The van der Waals surface area contributed by atoms with Crippen LogP contribution in [0.5, 0.6) is 11.5 Å². The minimum absolute atomic E-state index is 0.142. The van der Waals surface area contributed by atoms with Gasteiger partial charge in [0.2, 0.25) is 0 Å². The summed E-state index contributed by atoms with van der Waals surface area (Å²) in [5.41, 5.74) is 8.73. The fourth-order valence-electron chi connectivity index (χ4n) is 6.20. The van der Waals surface area contributed by atoms with Crippen molar-refractivity contribution in [3.05, 3.63) is 112 Å². The molecule has 0 aliphatic carbocycles. The Labute approximate surface area is 276 Å². The van der Waals surface area contributed by atoms with Gasteiger partial charge in [0.15, 0.2) is 17.3 Å². The lowest BCUT2D eigenvalue weighted by Crippen LogP contribution is -2.08. The third-order valence-electron chi connectivity index (χ3n) is 8.67. The minimum Gasteiger partial charge on any atom is -0.454 e. The summed E-state index contributed by atoms with van der Waals surface area (Å²) in [7, 11) is 1.93. The highest BCUT2D eigenvalue weighted by Crippen LogP contribution is 2.35. The summed E-state index contributed by atoms with van der Waals surface area (Å²) >= 11 is 0. The molecule has 0 aliphatic heterocycles. The third-order valence-corrected chi connectivity index (χ3v) is 8.67. The highest BCUT2D eigenvalue weighted by Gasteiger charge is 2.17. The molecule has 0 fully saturated rings. The summed E-state index contributed by atoms with van der Waals surface area (Å²) in [6, 6.07) is 14.6. The van der Waals surface area contributed by atoms with Crippen molar-refractivity contribution in [3.63, 3.8) is 0 Å². The Kier molecular flexibility index (Phi) is 14.3. The topological polar surface area (TPSA) is 50.4 Å². The predicted molar refractivity (Wildman–Crippen MR) is 195 cm³/mol. The highest BCUT2D eigenvalue weighted by molar-refractivity contribution is 6.09. The first kappa shape index (κ1) is 36.3. The quantitative estimate of drug-likeness (QED) is 0.0840. The van der Waals surface area contributed by atoms with Gasteiger partial charge in [-0.15, -0.1) is 0 Å². The predicted octanol–water partition coefficient (Wildman–Crippen LogP) is 11.8. The summed E-state index contributed by atoms with van der Waals surface area (Å²) in [5.74, 6) is 0.656. The maximum absolute atomic E-state index is 14.3. The Bertz CT molecular complexity index is 1550. The monoisotopic (exact) mass is 624 g/mol. The lowest BCUT2D eigenvalue weighted by atomic mass is 9.85. The van der Waals surface area contributed by atoms with E-state index in [4.69, 9.17) is 4.74 Å². The zero-order chi connectivity index (χ0) is 33.6. The van der Waals surface area contributed by atoms with Crippen LogP contribution in [0.1, 0.15) is 106 Å². The number of carbonyl (C=O) groups excluding carboxylic acids is 1. The van der Waals surface area contributed by atoms with E-state index < -0.39 is 5.82 Å². The molecule has 0 bridgehead atoms. The Morgan fingerprint density at radius 3 is 2.37 bits per heavy atom. The summed E-state index contributed by atoms with van der Waals surface area (Å²) in [6.45, 7) is 16.6. The van der Waals surface area contributed by atoms with Crippen molar-refractivity contribution in [3.8, 4) is 11.5 Å². The molecule has 1 unspecified atom stereocenters. The molecular weight excluding hydrogens is 571 g/mol. The zero-order valence-corrected chi connectivity index (χ0v) is 29.0. The first-order valence-corrected chi connectivity index (χ1v) is 16.9. The number of nitrogens with one attached hydrogen (secondary N) is 2. The van der Waals surface area contributed by atoms with Gasteiger partial charge < -0.3 is 15.4 Å². The second-order valence-electron chi connectivity index (χ2n) is 12.1. The number of carbonyl (C=O) groups is 1. The van der Waals surface area contributed by atoms with Crippen LogP contribution in [0.2, 0.25) is 0 Å². The lowest BCUT2D eigenvalue weighted by Gasteiger charge is -2.21. The number of hydrogen-bond donors (Lipinski definition) is 2. The number of rotatable bonds is 18. The molecule has 0 aliphatic rings. The van der Waals surface area contributed by atoms with E-state index in [0.717, 1.165) is 40.9 Å². The molecule has 0 aromatic heterocycles. The average Bonchev–Trinajstić information content (AvgIpc) is 3.03. The van der Waals surface area contributed by atoms with E-state index in [9.17, 15) is 9.18 Å². The van der Waals surface area contributed by atoms with Crippen molar-refractivity contribution in [1.82, 2.24) is 0 Å². The Morgan fingerprint density at radius 1 is 0.957 bits per heavy atom. The fourth-order valence-corrected chi connectivity index (χ4v) is 6.20. The second kappa shape index (κ2) is 18.1. The highest BCUT2D eigenvalue weighted by atomic mass is 19.1. The minimum atomic E-state index is -0.425. The summed E-state index contributed by atoms with van der Waals surface area (Å²) in [6.07, 6.45) is 14.5. The SMILES string of the molecule is C=C/C(C(=O)/C=C/c1cc(C)c(C(CCC)CCCCCC)cc1NC)=C(\C)Nc1cc(Oc2ccccc2F)cc(C)c1CC. The van der Waals surface area contributed by atoms with Gasteiger partial charge in [0.05, 0.1) is 0 Å². The summed E-state index contributed by atoms with van der Waals surface area (Å²) in [5, 5.41) is 6.79. The molecule has 246 valence electrons. The van der Waals surface area contributed by atoms with Gasteiger partial charge in [0.1, 0.15) is 5.75 Å². The zero-order valence-electron chi connectivity index (χ0n) is 29.0. The van der Waals surface area contributed by atoms with E-state index in [2.05, 4.69) is 57.0 Å². The lowest BCUT2D eigenvalue weighted by molar-refractivity contribution is -0.111. The number of hydrogen-bond acceptors (Lipinski definition) is 4. The number of ketones is 1. The molecule has 4 nitrogen and oxygen atoms in total. The molecule has 0 amide bonds. The van der Waals surface area contributed by atoms with E-state index in [1.54, 1.807) is 30.4 Å². The molecule has 46 heavy (non-hydrogen) atoms. The molecule has 2 N–H and O–H groups in total. The number of allylic oxidation sites excluding steroid dienone is 4. The number of aryl methyl sites for hydroxylation is 2. The van der Waals surface area contributed by atoms with Crippen LogP contribution in [-0.2, 0) is 11.2 Å². The Morgan fingerprint density at radius 2 is 1.72 bits per heavy atom. The smallest absolute Gasteiger partial charge is 0.187 e. The van der Waals surface area contributed by atoms with Crippen molar-refractivity contribution < 1.29 is 13.9 Å². The molecule has 0 radical (unpaired) electrons. The number of ether oxygens (including phenoxy) is 1. The number of halogens is 1. The van der Waals surface area contributed by atoms with Gasteiger partial charge in [-0.3, -0.25) is 4.79 Å². The van der Waals surface area contributed by atoms with Crippen molar-refractivity contribution in [2.45, 2.75) is 98.8 Å². The van der Waals surface area contributed by atoms with Gasteiger partial charge in [-0.2, -0.15) is 0 Å². The van der Waals surface area contributed by atoms with Crippen LogP contribution < -0.4 is 15.4 Å². The molecule has 1 atom stereocenters. The molecule has 3 aromatic rings. The van der Waals surface area contributed by atoms with Crippen LogP contribution in [0.4, 0.5) is 15.8 Å². The van der Waals surface area contributed by atoms with Crippen LogP contribution in [0.3, 0.4) is 0 Å². The van der Waals surface area contributed by atoms with E-state index in [1.807, 2.05) is 39.1 Å². The fraction of sp³-hybridized carbons (Fsp3) is 0.390. The molecule has 0 spiro atoms. The van der Waals surface area contributed by atoms with Crippen LogP contribution in [0.25, 0.3) is 6.08 Å². The molecular formula is C41H53FN2O2. The van der Waals surface area contributed by atoms with Gasteiger partial charge in [-0.25, -0.2) is 4.39 Å². The van der Waals surface area contributed by atoms with Crippen LogP contribution in [-0.4, -0.2) is 12.8 Å². The molecule has 3 rings (SSSR count). The molecule has 0 saturated heterocycles. The van der Waals surface area contributed by atoms with E-state index in [1.165, 1.54) is 55.7 Å². The van der Waals surface area contributed by atoms with Crippen molar-refractivity contribution >= 4 is 23.2 Å². The summed E-state index contributed by atoms with van der Waals surface area (Å²) < 4.78 is 20.2. The molecule has 0 saturated carbocycles. The Hall–Kier alpha value is -4.12. The summed E-state index contributed by atoms with van der Waals surface area (Å²) in [4.78, 5) is 13.5. The van der Waals surface area contributed by atoms with Crippen molar-refractivity contribution in [2.75, 3.05) is 17.7 Å². The van der Waals surface area contributed by atoms with E-state index >= 15 is 0 Å². The number of anilines is 2. The van der Waals surface area contributed by atoms with Crippen LogP contribution in [0.15, 0.2) is 78.5 Å². The number of para-hydroxylation sites is 1. The van der Waals surface area contributed by atoms with Crippen molar-refractivity contribution in [2.24, 2.45) is 0 Å². The maximum atomic E-state index is 14.3. The van der Waals surface area contributed by atoms with Gasteiger partial charge >= 0.3 is 0 Å². The van der Waals surface area contributed by atoms with Gasteiger partial charge in [-0.05, 0) is 116 Å². The van der Waals surface area contributed by atoms with E-state index in [-0.39, 0.29) is 11.5 Å². The van der Waals surface area contributed by atoms with Crippen LogP contribution in [0, 0.1) is 19.7 Å². The second-order valence-corrected chi connectivity index (χ2v) is 12.1. The first-order valence-electron chi connectivity index (χ1n) is 16.9. The average molecular weight is 625 g/mol. The van der Waals surface area contributed by atoms with Crippen LogP contribution >= 0.6 is 0 Å².